The number of para-hydroxylation sites is 1. The molecule has 0 fully saturated rings. The van der Waals surface area contributed by atoms with E-state index in [9.17, 15) is 9.59 Å². The maximum atomic E-state index is 13.6. The van der Waals surface area contributed by atoms with Crippen LogP contribution in [0.4, 0.5) is 27.7 Å². The van der Waals surface area contributed by atoms with Gasteiger partial charge in [-0.3, -0.25) is 4.79 Å². The van der Waals surface area contributed by atoms with Crippen LogP contribution in [-0.2, 0) is 16.1 Å². The first kappa shape index (κ1) is 29.8. The number of urea groups is 1. The van der Waals surface area contributed by atoms with Crippen LogP contribution in [0.1, 0.15) is 17.4 Å². The molecule has 4 aromatic rings. The van der Waals surface area contributed by atoms with Crippen LogP contribution < -0.4 is 25.6 Å². The van der Waals surface area contributed by atoms with Gasteiger partial charge in [-0.15, -0.1) is 0 Å². The van der Waals surface area contributed by atoms with Crippen molar-refractivity contribution >= 4 is 46.4 Å². The van der Waals surface area contributed by atoms with Crippen LogP contribution in [0.15, 0.2) is 84.9 Å². The summed E-state index contributed by atoms with van der Waals surface area (Å²) < 4.78 is 11.4. The van der Waals surface area contributed by atoms with Crippen LogP contribution in [-0.4, -0.2) is 56.1 Å². The number of methoxy groups -OCH3 is 1. The minimum atomic E-state index is -0.899. The Bertz CT molecular complexity index is 1580. The lowest BCUT2D eigenvalue weighted by Gasteiger charge is -2.33. The molecule has 1 aliphatic rings. The molecule has 0 radical (unpaired) electrons. The smallest absolute Gasteiger partial charge is 0.323 e. The predicted octanol–water partition coefficient (Wildman–Crippen LogP) is 6.38. The first-order valence-corrected chi connectivity index (χ1v) is 14.1. The minimum absolute atomic E-state index is 0.256. The number of amides is 3. The van der Waals surface area contributed by atoms with E-state index in [1.54, 1.807) is 47.4 Å². The van der Waals surface area contributed by atoms with Gasteiger partial charge in [-0.25, -0.2) is 9.78 Å². The average molecular weight is 601 g/mol. The number of nitrogens with one attached hydrogen (secondary N) is 3. The van der Waals surface area contributed by atoms with E-state index in [4.69, 9.17) is 21.1 Å². The second-order valence-electron chi connectivity index (χ2n) is 10.2. The third-order valence-corrected chi connectivity index (χ3v) is 7.09. The fraction of sp³-hybridized carbons (Fsp3) is 0.219. The molecule has 0 aliphatic carbocycles. The van der Waals surface area contributed by atoms with Crippen molar-refractivity contribution in [1.82, 2.24) is 9.88 Å². The number of fused-ring (bicyclic) bond motifs is 1. The third-order valence-electron chi connectivity index (χ3n) is 6.77. The van der Waals surface area contributed by atoms with Crippen LogP contribution in [0.3, 0.4) is 0 Å². The summed E-state index contributed by atoms with van der Waals surface area (Å²) in [6.07, 6.45) is -0.899. The molecule has 3 N–H and O–H groups in total. The van der Waals surface area contributed by atoms with Gasteiger partial charge in [0.25, 0.3) is 5.91 Å². The molecule has 3 aromatic carbocycles. The van der Waals surface area contributed by atoms with E-state index in [0.717, 1.165) is 17.9 Å². The minimum Gasteiger partial charge on any atom is -0.457 e. The van der Waals surface area contributed by atoms with E-state index in [-0.39, 0.29) is 12.5 Å². The first-order valence-electron chi connectivity index (χ1n) is 13.7. The summed E-state index contributed by atoms with van der Waals surface area (Å²) in [4.78, 5) is 34.7. The Labute approximate surface area is 255 Å². The van der Waals surface area contributed by atoms with Crippen molar-refractivity contribution in [3.63, 3.8) is 0 Å². The number of carbonyl (C=O) groups is 2. The zero-order chi connectivity index (χ0) is 30.3. The monoisotopic (exact) mass is 600 g/mol. The summed E-state index contributed by atoms with van der Waals surface area (Å²) in [5.74, 6) is 1.75. The summed E-state index contributed by atoms with van der Waals surface area (Å²) in [5.41, 5.74) is 2.92. The average Bonchev–Trinajstić information content (AvgIpc) is 2.99. The number of aromatic nitrogens is 1. The number of likely N-dealkylation sites (N-methyl/N-ethyl adjacent to an activating group) is 1. The van der Waals surface area contributed by atoms with Gasteiger partial charge in [-0.1, -0.05) is 35.9 Å². The molecule has 1 atom stereocenters. The van der Waals surface area contributed by atoms with Crippen LogP contribution in [0.5, 0.6) is 11.5 Å². The number of hydrogen-bond donors (Lipinski definition) is 3. The van der Waals surface area contributed by atoms with E-state index in [1.165, 1.54) is 7.11 Å². The highest BCUT2D eigenvalue weighted by molar-refractivity contribution is 6.34. The van der Waals surface area contributed by atoms with Gasteiger partial charge < -0.3 is 35.2 Å². The molecule has 0 saturated heterocycles. The van der Waals surface area contributed by atoms with E-state index >= 15 is 0 Å². The third kappa shape index (κ3) is 7.42. The number of ether oxygens (including phenoxy) is 2. The molecule has 1 aromatic heterocycles. The number of benzene rings is 3. The molecular weight excluding hydrogens is 568 g/mol. The molecule has 10 nitrogen and oxygen atoms in total. The Balaban J connectivity index is 1.26. The van der Waals surface area contributed by atoms with E-state index < -0.39 is 12.1 Å². The van der Waals surface area contributed by atoms with Gasteiger partial charge in [0.05, 0.1) is 22.9 Å². The maximum absolute atomic E-state index is 13.6. The zero-order valence-corrected chi connectivity index (χ0v) is 24.9. The lowest BCUT2D eigenvalue weighted by molar-refractivity contribution is -0.129. The summed E-state index contributed by atoms with van der Waals surface area (Å²) in [6.45, 7) is 1.81. The van der Waals surface area contributed by atoms with Crippen molar-refractivity contribution in [2.45, 2.75) is 12.6 Å². The van der Waals surface area contributed by atoms with Crippen molar-refractivity contribution < 1.29 is 19.1 Å². The van der Waals surface area contributed by atoms with Crippen molar-refractivity contribution in [3.05, 3.63) is 101 Å². The molecule has 2 heterocycles. The molecule has 43 heavy (non-hydrogen) atoms. The Kier molecular flexibility index (Phi) is 9.41. The molecule has 5 rings (SSSR count). The number of rotatable bonds is 10. The Morgan fingerprint density at radius 2 is 1.67 bits per heavy atom. The van der Waals surface area contributed by atoms with Crippen LogP contribution >= 0.6 is 11.6 Å². The number of nitrogens with zero attached hydrogens (tertiary/aromatic N) is 3. The van der Waals surface area contributed by atoms with Crippen molar-refractivity contribution in [2.75, 3.05) is 55.1 Å². The highest BCUT2D eigenvalue weighted by atomic mass is 35.5. The number of halogens is 1. The summed E-state index contributed by atoms with van der Waals surface area (Å²) in [5, 5.41) is 9.26. The van der Waals surface area contributed by atoms with Gasteiger partial charge >= 0.3 is 6.03 Å². The van der Waals surface area contributed by atoms with Gasteiger partial charge in [-0.2, -0.15) is 0 Å². The maximum Gasteiger partial charge on any atom is 0.323 e. The van der Waals surface area contributed by atoms with Crippen molar-refractivity contribution in [1.29, 1.82) is 0 Å². The molecule has 0 spiro atoms. The molecule has 0 bridgehead atoms. The van der Waals surface area contributed by atoms with E-state index in [0.29, 0.717) is 45.9 Å². The van der Waals surface area contributed by atoms with Gasteiger partial charge in [0.15, 0.2) is 6.10 Å². The second kappa shape index (κ2) is 13.6. The van der Waals surface area contributed by atoms with Gasteiger partial charge in [0.2, 0.25) is 0 Å². The fourth-order valence-electron chi connectivity index (χ4n) is 4.62. The number of anilines is 4. The van der Waals surface area contributed by atoms with E-state index in [2.05, 4.69) is 25.8 Å². The van der Waals surface area contributed by atoms with Gasteiger partial charge in [-0.05, 0) is 80.3 Å². The quantitative estimate of drug-likeness (QED) is 0.194. The molecule has 1 aliphatic heterocycles. The Morgan fingerprint density at radius 3 is 2.40 bits per heavy atom. The SMILES string of the molecule is COC1C(=O)N(c2cc(NC(=O)Nc3ccc(Oc4ccccc4)cc3)ccc2Cl)Cc2ccc(NCCN(C)C)nc21. The van der Waals surface area contributed by atoms with Crippen molar-refractivity contribution in [3.8, 4) is 11.5 Å². The Morgan fingerprint density at radius 1 is 0.977 bits per heavy atom. The topological polar surface area (TPSA) is 108 Å². The van der Waals surface area contributed by atoms with Crippen LogP contribution in [0.25, 0.3) is 0 Å². The first-order chi connectivity index (χ1) is 20.8. The zero-order valence-electron chi connectivity index (χ0n) is 24.1. The molecule has 3 amide bonds. The largest absolute Gasteiger partial charge is 0.457 e. The molecular formula is C32H33ClN6O4. The second-order valence-corrected chi connectivity index (χ2v) is 10.6. The van der Waals surface area contributed by atoms with Crippen LogP contribution in [0, 0.1) is 0 Å². The molecule has 222 valence electrons. The summed E-state index contributed by atoms with van der Waals surface area (Å²) in [6, 6.07) is 24.8. The highest BCUT2D eigenvalue weighted by Gasteiger charge is 2.36. The molecule has 11 heteroatoms. The summed E-state index contributed by atoms with van der Waals surface area (Å²) >= 11 is 6.56. The van der Waals surface area contributed by atoms with Crippen LogP contribution in [0.2, 0.25) is 5.02 Å². The number of carbonyl (C=O) groups excluding carboxylic acids is 2. The van der Waals surface area contributed by atoms with Crippen molar-refractivity contribution in [2.24, 2.45) is 0 Å². The van der Waals surface area contributed by atoms with Gasteiger partial charge in [0.1, 0.15) is 17.3 Å². The normalized spacial score (nSPS) is 14.3. The van der Waals surface area contributed by atoms with Gasteiger partial charge in [0, 0.05) is 31.6 Å². The molecule has 0 saturated carbocycles. The Hall–Kier alpha value is -4.64. The highest BCUT2D eigenvalue weighted by Crippen LogP contribution is 2.37. The lowest BCUT2D eigenvalue weighted by Crippen LogP contribution is -2.41. The molecule has 1 unspecified atom stereocenters. The lowest BCUT2D eigenvalue weighted by atomic mass is 10.0. The summed E-state index contributed by atoms with van der Waals surface area (Å²) in [7, 11) is 5.48. The fourth-order valence-corrected chi connectivity index (χ4v) is 4.83. The van der Waals surface area contributed by atoms with E-state index in [1.807, 2.05) is 56.6 Å². The number of pyridine rings is 1. The standard InChI is InChI=1S/C32H33ClN6O4/c1-38(2)18-17-34-28-16-9-21-20-39(31(40)30(42-3)29(21)37-28)27-19-23(12-15-26(27)33)36-32(41)35-22-10-13-25(14-11-22)43-24-7-5-4-6-8-24/h4-16,19,30H,17-18,20H2,1-3H3,(H,34,37)(H2,35,36,41). The number of hydrogen-bond acceptors (Lipinski definition) is 7. The predicted molar refractivity (Wildman–Crippen MR) is 169 cm³/mol.